The monoisotopic (exact) mass is 632 g/mol. The average molecular weight is 633 g/mol. The number of carbonyl (C=O) groups is 2. The number of nitrogens with one attached hydrogen (secondary N) is 2. The summed E-state index contributed by atoms with van der Waals surface area (Å²) in [7, 11) is 0. The van der Waals surface area contributed by atoms with Crippen LogP contribution in [0.1, 0.15) is 36.8 Å². The van der Waals surface area contributed by atoms with Gasteiger partial charge in [0.05, 0.1) is 19.7 Å². The Balaban J connectivity index is 1.63. The molecule has 0 aliphatic carbocycles. The zero-order valence-corrected chi connectivity index (χ0v) is 24.8. The number of nitrogens with two attached hydrogens (primary N) is 1. The fourth-order valence-electron chi connectivity index (χ4n) is 4.91. The Morgan fingerprint density at radius 2 is 1.62 bits per heavy atom. The maximum Gasteiger partial charge on any atom is 0.244 e. The molecule has 0 radical (unpaired) electrons. The summed E-state index contributed by atoms with van der Waals surface area (Å²) in [4.78, 5) is 24.9. The Labute approximate surface area is 260 Å². The summed E-state index contributed by atoms with van der Waals surface area (Å²) >= 11 is 0. The van der Waals surface area contributed by atoms with E-state index in [4.69, 9.17) is 14.2 Å². The van der Waals surface area contributed by atoms with E-state index in [-0.39, 0.29) is 47.7 Å². The summed E-state index contributed by atoms with van der Waals surface area (Å²) < 4.78 is 17.1. The van der Waals surface area contributed by atoms with Gasteiger partial charge in [-0.25, -0.2) is 0 Å². The number of aliphatic hydroxyl groups excluding tert-OH is 4. The summed E-state index contributed by atoms with van der Waals surface area (Å²) in [5.74, 6) is -1.24. The second-order valence-corrected chi connectivity index (χ2v) is 11.0. The molecule has 2 aliphatic heterocycles. The highest BCUT2D eigenvalue weighted by Crippen LogP contribution is 2.40. The number of ether oxygens (including phenoxy) is 3. The van der Waals surface area contributed by atoms with Crippen LogP contribution in [-0.4, -0.2) is 106 Å². The van der Waals surface area contributed by atoms with Gasteiger partial charge in [0.2, 0.25) is 18.1 Å². The number of hydrogen-bond donors (Lipinski definition) is 9. The molecule has 14 heteroatoms. The highest BCUT2D eigenvalue weighted by atomic mass is 16.7. The van der Waals surface area contributed by atoms with Crippen molar-refractivity contribution in [1.29, 1.82) is 0 Å². The molecule has 1 saturated heterocycles. The molecule has 14 nitrogen and oxygen atoms in total. The molecule has 10 N–H and O–H groups in total. The lowest BCUT2D eigenvalue weighted by atomic mass is 9.99. The van der Waals surface area contributed by atoms with Crippen molar-refractivity contribution >= 4 is 17.9 Å². The predicted octanol–water partition coefficient (Wildman–Crippen LogP) is -1.01. The third-order valence-electron chi connectivity index (χ3n) is 7.53. The maximum atomic E-state index is 12.6. The molecular formula is C31H42N3O11+. The van der Waals surface area contributed by atoms with Crippen molar-refractivity contribution in [2.75, 3.05) is 32.8 Å². The van der Waals surface area contributed by atoms with Crippen LogP contribution in [-0.2, 0) is 20.7 Å². The highest BCUT2D eigenvalue weighted by Gasteiger charge is 2.45. The Kier molecular flexibility index (Phi) is 12.4. The van der Waals surface area contributed by atoms with E-state index >= 15 is 0 Å². The quantitative estimate of drug-likeness (QED) is 0.199. The molecule has 45 heavy (non-hydrogen) atoms. The van der Waals surface area contributed by atoms with E-state index in [1.165, 1.54) is 30.3 Å². The molecular weight excluding hydrogens is 590 g/mol. The molecule has 2 heterocycles. The Hall–Kier alpha value is -3.92. The fraction of sp³-hybridized carbons (Fsp3) is 0.484. The SMILES string of the molecule is O=C1/C=C/c2ccc(O)c(c2)Oc2cc(O[C@@H]3O[C@H](CO)[C@@H](O)[C@H](O)[C@H]3O)c(O)cc2CCC(=O)NCCCC[NH2+]CCCN1. The van der Waals surface area contributed by atoms with Gasteiger partial charge >= 0.3 is 0 Å². The molecule has 2 aromatic carbocycles. The Morgan fingerprint density at radius 3 is 2.42 bits per heavy atom. The number of benzene rings is 2. The fourth-order valence-corrected chi connectivity index (χ4v) is 4.91. The molecule has 2 aromatic rings. The van der Waals surface area contributed by atoms with Crippen LogP contribution in [0.15, 0.2) is 36.4 Å². The van der Waals surface area contributed by atoms with Gasteiger partial charge in [-0.05, 0) is 54.7 Å². The molecule has 0 aromatic heterocycles. The van der Waals surface area contributed by atoms with Crippen molar-refractivity contribution in [3.8, 4) is 28.7 Å². The summed E-state index contributed by atoms with van der Waals surface area (Å²) in [6.07, 6.45) is -2.17. The van der Waals surface area contributed by atoms with Crippen LogP contribution in [0.3, 0.4) is 0 Å². The lowest BCUT2D eigenvalue weighted by molar-refractivity contribution is -0.655. The van der Waals surface area contributed by atoms with Crippen LogP contribution in [0.5, 0.6) is 28.7 Å². The van der Waals surface area contributed by atoms with Gasteiger partial charge in [0.15, 0.2) is 23.0 Å². The van der Waals surface area contributed by atoms with Gasteiger partial charge in [-0.3, -0.25) is 9.59 Å². The standard InChI is InChI=1S/C31H41N3O11/c35-17-25-28(40)29(41)30(42)31(45-25)44-24-16-22-19(15-21(24)37)6-9-27(39)33-12-2-1-10-32-11-3-13-34-26(38)8-5-18-4-7-20(36)23(14-18)43-22/h4-5,7-8,14-16,25,28-32,35-37,40-42H,1-3,6,9-13,17H2,(H,33,39)(H,34,38)/p+1/b8-5+/t25-,28-,29+,30-,31-/m1/s1. The van der Waals surface area contributed by atoms with E-state index in [1.54, 1.807) is 12.1 Å². The number of phenolic OH excluding ortho intramolecular Hbond substituents is 2. The number of rotatable bonds is 3. The van der Waals surface area contributed by atoms with Gasteiger partial charge in [-0.2, -0.15) is 0 Å². The van der Waals surface area contributed by atoms with Gasteiger partial charge in [0.1, 0.15) is 30.2 Å². The van der Waals surface area contributed by atoms with E-state index in [9.17, 15) is 40.2 Å². The average Bonchev–Trinajstić information content (AvgIpc) is 3.02. The number of phenols is 2. The van der Waals surface area contributed by atoms with Crippen molar-refractivity contribution in [2.45, 2.75) is 62.8 Å². The van der Waals surface area contributed by atoms with E-state index in [2.05, 4.69) is 16.0 Å². The molecule has 1 fully saturated rings. The van der Waals surface area contributed by atoms with Crippen LogP contribution < -0.4 is 25.4 Å². The molecule has 2 aliphatic rings. The van der Waals surface area contributed by atoms with E-state index < -0.39 is 43.1 Å². The number of aryl methyl sites for hydroxylation is 1. The third-order valence-corrected chi connectivity index (χ3v) is 7.53. The van der Waals surface area contributed by atoms with E-state index in [0.717, 1.165) is 32.4 Å². The predicted molar refractivity (Wildman–Crippen MR) is 160 cm³/mol. The van der Waals surface area contributed by atoms with Crippen molar-refractivity contribution < 1.29 is 59.8 Å². The topological polar surface area (TPSA) is 224 Å². The molecule has 0 saturated carbocycles. The van der Waals surface area contributed by atoms with Crippen LogP contribution in [0, 0.1) is 0 Å². The van der Waals surface area contributed by atoms with Gasteiger partial charge in [-0.1, -0.05) is 6.07 Å². The van der Waals surface area contributed by atoms with Crippen LogP contribution in [0.2, 0.25) is 0 Å². The zero-order chi connectivity index (χ0) is 32.3. The largest absolute Gasteiger partial charge is 0.504 e. The number of aliphatic hydroxyl groups is 4. The van der Waals surface area contributed by atoms with Crippen molar-refractivity contribution in [3.05, 3.63) is 47.5 Å². The van der Waals surface area contributed by atoms with Crippen LogP contribution >= 0.6 is 0 Å². The highest BCUT2D eigenvalue weighted by molar-refractivity contribution is 5.91. The zero-order valence-electron chi connectivity index (χ0n) is 24.8. The van der Waals surface area contributed by atoms with Crippen molar-refractivity contribution in [3.63, 3.8) is 0 Å². The summed E-state index contributed by atoms with van der Waals surface area (Å²) in [5, 5.41) is 69.4. The summed E-state index contributed by atoms with van der Waals surface area (Å²) in [6, 6.07) is 7.06. The lowest BCUT2D eigenvalue weighted by Gasteiger charge is -2.39. The first kappa shape index (κ1) is 34.0. The van der Waals surface area contributed by atoms with E-state index in [0.29, 0.717) is 24.2 Å². The van der Waals surface area contributed by atoms with Gasteiger partial charge in [-0.15, -0.1) is 0 Å². The van der Waals surface area contributed by atoms with E-state index in [1.807, 2.05) is 0 Å². The first-order valence-electron chi connectivity index (χ1n) is 15.0. The second kappa shape index (κ2) is 16.4. The molecule has 4 rings (SSSR count). The normalized spacial score (nSPS) is 26.5. The lowest BCUT2D eigenvalue weighted by Crippen LogP contribution is -2.84. The number of amides is 2. The van der Waals surface area contributed by atoms with Gasteiger partial charge < -0.3 is 60.8 Å². The number of carbonyl (C=O) groups excluding carboxylic acids is 2. The Bertz CT molecular complexity index is 1340. The first-order valence-corrected chi connectivity index (χ1v) is 15.0. The third kappa shape index (κ3) is 9.53. The first-order chi connectivity index (χ1) is 21.7. The molecule has 246 valence electrons. The van der Waals surface area contributed by atoms with Crippen molar-refractivity contribution in [2.24, 2.45) is 0 Å². The molecule has 2 bridgehead atoms. The minimum Gasteiger partial charge on any atom is -0.504 e. The number of hydrogen-bond acceptors (Lipinski definition) is 11. The maximum absolute atomic E-state index is 12.6. The molecule has 2 amide bonds. The second-order valence-electron chi connectivity index (χ2n) is 11.0. The Morgan fingerprint density at radius 1 is 0.844 bits per heavy atom. The minimum atomic E-state index is -1.73. The number of quaternary nitrogens is 1. The molecule has 5 atom stereocenters. The van der Waals surface area contributed by atoms with Gasteiger partial charge in [0.25, 0.3) is 0 Å². The molecule has 0 unspecified atom stereocenters. The van der Waals surface area contributed by atoms with Crippen molar-refractivity contribution in [1.82, 2.24) is 10.6 Å². The minimum absolute atomic E-state index is 0.00502. The molecule has 0 spiro atoms. The number of aromatic hydroxyl groups is 2. The van der Waals surface area contributed by atoms with Gasteiger partial charge in [0, 0.05) is 38.1 Å². The number of fused-ring (bicyclic) bond motifs is 3. The summed E-state index contributed by atoms with van der Waals surface area (Å²) in [5.41, 5.74) is 0.936. The van der Waals surface area contributed by atoms with Crippen LogP contribution in [0.4, 0.5) is 0 Å². The van der Waals surface area contributed by atoms with Crippen LogP contribution in [0.25, 0.3) is 6.08 Å². The smallest absolute Gasteiger partial charge is 0.244 e. The summed E-state index contributed by atoms with van der Waals surface area (Å²) in [6.45, 7) is 2.14.